The molecule has 0 aliphatic rings. The third-order valence-electron chi connectivity index (χ3n) is 2.01. The summed E-state index contributed by atoms with van der Waals surface area (Å²) in [6.07, 6.45) is 0. The van der Waals surface area contributed by atoms with E-state index in [4.69, 9.17) is 0 Å². The average Bonchev–Trinajstić information content (AvgIpc) is 2.14. The van der Waals surface area contributed by atoms with Crippen LogP contribution in [-0.2, 0) is 7.05 Å². The summed E-state index contributed by atoms with van der Waals surface area (Å²) in [5.41, 5.74) is 0.0197. The van der Waals surface area contributed by atoms with Crippen molar-refractivity contribution in [3.8, 4) is 0 Å². The molecule has 2 aromatic rings. The molecule has 0 unspecified atom stereocenters. The first kappa shape index (κ1) is 9.45. The SMILES string of the molecule is Cn1c(=O)oc(=O)c2c(I)cccc21. The Kier molecular flexibility index (Phi) is 2.18. The van der Waals surface area contributed by atoms with Gasteiger partial charge < -0.3 is 4.42 Å². The van der Waals surface area contributed by atoms with E-state index in [-0.39, 0.29) is 0 Å². The van der Waals surface area contributed by atoms with Crippen LogP contribution in [-0.4, -0.2) is 4.57 Å². The number of aromatic nitrogens is 1. The van der Waals surface area contributed by atoms with Gasteiger partial charge in [0.1, 0.15) is 0 Å². The molecule has 0 bridgehead atoms. The van der Waals surface area contributed by atoms with Crippen LogP contribution in [0.1, 0.15) is 0 Å². The molecular weight excluding hydrogens is 297 g/mol. The van der Waals surface area contributed by atoms with Crippen LogP contribution < -0.4 is 11.4 Å². The maximum absolute atomic E-state index is 11.4. The van der Waals surface area contributed by atoms with Gasteiger partial charge in [-0.3, -0.25) is 4.57 Å². The fourth-order valence-corrected chi connectivity index (χ4v) is 2.00. The first-order valence-electron chi connectivity index (χ1n) is 3.89. The fraction of sp³-hybridized carbons (Fsp3) is 0.111. The smallest absolute Gasteiger partial charge is 0.372 e. The number of aryl methyl sites for hydroxylation is 1. The molecule has 14 heavy (non-hydrogen) atoms. The van der Waals surface area contributed by atoms with Crippen molar-refractivity contribution in [2.45, 2.75) is 0 Å². The Labute approximate surface area is 92.3 Å². The summed E-state index contributed by atoms with van der Waals surface area (Å²) in [4.78, 5) is 22.5. The highest BCUT2D eigenvalue weighted by Crippen LogP contribution is 2.14. The lowest BCUT2D eigenvalue weighted by atomic mass is 10.2. The zero-order chi connectivity index (χ0) is 10.3. The Morgan fingerprint density at radius 1 is 1.36 bits per heavy atom. The number of rotatable bonds is 0. The topological polar surface area (TPSA) is 52.2 Å². The highest BCUT2D eigenvalue weighted by molar-refractivity contribution is 14.1. The third-order valence-corrected chi connectivity index (χ3v) is 2.91. The molecule has 0 atom stereocenters. The Hall–Kier alpha value is -1.11. The van der Waals surface area contributed by atoms with Crippen LogP contribution in [0.2, 0.25) is 0 Å². The Bertz CT molecular complexity index is 611. The van der Waals surface area contributed by atoms with Gasteiger partial charge in [0.25, 0.3) is 0 Å². The Balaban J connectivity index is 3.18. The van der Waals surface area contributed by atoms with Crippen molar-refractivity contribution < 1.29 is 4.42 Å². The summed E-state index contributed by atoms with van der Waals surface area (Å²) in [7, 11) is 1.57. The second-order valence-corrected chi connectivity index (χ2v) is 4.01. The summed E-state index contributed by atoms with van der Waals surface area (Å²) in [5.74, 6) is -0.635. The summed E-state index contributed by atoms with van der Waals surface area (Å²) >= 11 is 2.04. The number of fused-ring (bicyclic) bond motifs is 1. The lowest BCUT2D eigenvalue weighted by molar-refractivity contribution is 0.432. The molecule has 0 fully saturated rings. The van der Waals surface area contributed by atoms with Crippen LogP contribution in [0.25, 0.3) is 10.9 Å². The zero-order valence-corrected chi connectivity index (χ0v) is 9.44. The van der Waals surface area contributed by atoms with Gasteiger partial charge in [-0.25, -0.2) is 9.59 Å². The molecule has 2 rings (SSSR count). The monoisotopic (exact) mass is 303 g/mol. The molecule has 0 aliphatic carbocycles. The molecule has 4 nitrogen and oxygen atoms in total. The van der Waals surface area contributed by atoms with Crippen molar-refractivity contribution in [1.82, 2.24) is 4.57 Å². The molecule has 0 saturated carbocycles. The van der Waals surface area contributed by atoms with Crippen LogP contribution in [0.4, 0.5) is 0 Å². The van der Waals surface area contributed by atoms with E-state index in [0.717, 1.165) is 3.57 Å². The van der Waals surface area contributed by atoms with Gasteiger partial charge in [0.05, 0.1) is 10.9 Å². The van der Waals surface area contributed by atoms with Crippen LogP contribution in [0, 0.1) is 3.57 Å². The van der Waals surface area contributed by atoms with Gasteiger partial charge >= 0.3 is 11.4 Å². The third kappa shape index (κ3) is 1.28. The van der Waals surface area contributed by atoms with E-state index < -0.39 is 11.4 Å². The predicted octanol–water partition coefficient (Wildman–Crippen LogP) is 1.10. The largest absolute Gasteiger partial charge is 0.422 e. The summed E-state index contributed by atoms with van der Waals surface area (Å²) in [6.45, 7) is 0. The van der Waals surface area contributed by atoms with E-state index in [9.17, 15) is 9.59 Å². The van der Waals surface area contributed by atoms with Gasteiger partial charge in [-0.2, -0.15) is 0 Å². The first-order valence-corrected chi connectivity index (χ1v) is 4.97. The van der Waals surface area contributed by atoms with E-state index >= 15 is 0 Å². The normalized spacial score (nSPS) is 10.7. The van der Waals surface area contributed by atoms with Crippen molar-refractivity contribution in [3.05, 3.63) is 42.7 Å². The minimum atomic E-state index is -0.635. The highest BCUT2D eigenvalue weighted by atomic mass is 127. The van der Waals surface area contributed by atoms with E-state index in [2.05, 4.69) is 4.42 Å². The van der Waals surface area contributed by atoms with Gasteiger partial charge in [0.2, 0.25) is 0 Å². The minimum Gasteiger partial charge on any atom is -0.372 e. The highest BCUT2D eigenvalue weighted by Gasteiger charge is 2.08. The van der Waals surface area contributed by atoms with Gasteiger partial charge in [-0.15, -0.1) is 0 Å². The second-order valence-electron chi connectivity index (χ2n) is 2.85. The molecule has 1 heterocycles. The fourth-order valence-electron chi connectivity index (χ4n) is 1.29. The van der Waals surface area contributed by atoms with Crippen LogP contribution >= 0.6 is 22.6 Å². The molecular formula is C9H6INO3. The van der Waals surface area contributed by atoms with E-state index in [0.29, 0.717) is 10.9 Å². The number of nitrogens with zero attached hydrogens (tertiary/aromatic N) is 1. The number of hydrogen-bond acceptors (Lipinski definition) is 3. The van der Waals surface area contributed by atoms with E-state index in [1.807, 2.05) is 22.6 Å². The molecule has 0 spiro atoms. The standard InChI is InChI=1S/C9H6INO3/c1-11-6-4-2-3-5(10)7(6)8(12)14-9(11)13/h2-4H,1H3. The average molecular weight is 303 g/mol. The summed E-state index contributed by atoms with van der Waals surface area (Å²) < 4.78 is 6.65. The number of hydrogen-bond donors (Lipinski definition) is 0. The van der Waals surface area contributed by atoms with E-state index in [1.165, 1.54) is 4.57 Å². The van der Waals surface area contributed by atoms with Crippen molar-refractivity contribution >= 4 is 33.5 Å². The Morgan fingerprint density at radius 2 is 2.07 bits per heavy atom. The van der Waals surface area contributed by atoms with Gasteiger partial charge in [0, 0.05) is 10.6 Å². The molecule has 0 radical (unpaired) electrons. The molecule has 72 valence electrons. The molecule has 0 aliphatic heterocycles. The first-order chi connectivity index (χ1) is 6.61. The predicted molar refractivity (Wildman–Crippen MR) is 60.4 cm³/mol. The lowest BCUT2D eigenvalue weighted by Gasteiger charge is -2.02. The summed E-state index contributed by atoms with van der Waals surface area (Å²) in [5, 5.41) is 0.454. The van der Waals surface area contributed by atoms with Crippen molar-refractivity contribution in [2.24, 2.45) is 7.05 Å². The van der Waals surface area contributed by atoms with Crippen molar-refractivity contribution in [2.75, 3.05) is 0 Å². The molecule has 1 aromatic carbocycles. The molecule has 0 amide bonds. The Morgan fingerprint density at radius 3 is 2.79 bits per heavy atom. The molecule has 0 N–H and O–H groups in total. The zero-order valence-electron chi connectivity index (χ0n) is 7.28. The van der Waals surface area contributed by atoms with Gasteiger partial charge in [-0.05, 0) is 34.7 Å². The molecule has 1 aromatic heterocycles. The second kappa shape index (κ2) is 3.23. The maximum Gasteiger partial charge on any atom is 0.422 e. The van der Waals surface area contributed by atoms with Crippen molar-refractivity contribution in [1.29, 1.82) is 0 Å². The summed E-state index contributed by atoms with van der Waals surface area (Å²) in [6, 6.07) is 5.31. The maximum atomic E-state index is 11.4. The van der Waals surface area contributed by atoms with Gasteiger partial charge in [-0.1, -0.05) is 6.07 Å². The quantitative estimate of drug-likeness (QED) is 0.685. The number of benzene rings is 1. The van der Waals surface area contributed by atoms with E-state index in [1.54, 1.807) is 25.2 Å². The van der Waals surface area contributed by atoms with Crippen LogP contribution in [0.5, 0.6) is 0 Å². The molecule has 0 saturated heterocycles. The molecule has 5 heteroatoms. The van der Waals surface area contributed by atoms with Crippen molar-refractivity contribution in [3.63, 3.8) is 0 Å². The van der Waals surface area contributed by atoms with Crippen LogP contribution in [0.3, 0.4) is 0 Å². The van der Waals surface area contributed by atoms with Gasteiger partial charge in [0.15, 0.2) is 0 Å². The minimum absolute atomic E-state index is 0.454. The lowest BCUT2D eigenvalue weighted by Crippen LogP contribution is -2.22. The number of halogens is 1. The van der Waals surface area contributed by atoms with Crippen LogP contribution in [0.15, 0.2) is 32.2 Å².